The van der Waals surface area contributed by atoms with Crippen molar-refractivity contribution in [1.82, 2.24) is 0 Å². The van der Waals surface area contributed by atoms with Crippen LogP contribution < -0.4 is 0 Å². The zero-order valence-corrected chi connectivity index (χ0v) is 12.4. The van der Waals surface area contributed by atoms with Gasteiger partial charge in [0.15, 0.2) is 0 Å². The molecule has 0 N–H and O–H groups in total. The van der Waals surface area contributed by atoms with Gasteiger partial charge in [-0.25, -0.2) is 8.42 Å². The van der Waals surface area contributed by atoms with Gasteiger partial charge in [0.1, 0.15) is 0 Å². The summed E-state index contributed by atoms with van der Waals surface area (Å²) in [4.78, 5) is 10.1. The molecule has 2 aromatic carbocycles. The maximum absolute atomic E-state index is 11.9. The van der Waals surface area contributed by atoms with E-state index < -0.39 is 14.9 Å². The number of nitro benzene ring substituents is 1. The molecular weight excluding hydrogens is 304 g/mol. The number of aryl methyl sites for hydroxylation is 1. The normalized spacial score (nSPS) is 11.6. The molecular formula is C15H14N2O4S. The molecule has 22 heavy (non-hydrogen) atoms. The number of nitro groups is 1. The molecule has 0 bridgehead atoms. The van der Waals surface area contributed by atoms with Gasteiger partial charge in [-0.3, -0.25) is 10.1 Å². The highest BCUT2D eigenvalue weighted by molar-refractivity contribution is 7.90. The summed E-state index contributed by atoms with van der Waals surface area (Å²) >= 11 is 0. The first kappa shape index (κ1) is 15.8. The van der Waals surface area contributed by atoms with Crippen molar-refractivity contribution in [3.63, 3.8) is 0 Å². The van der Waals surface area contributed by atoms with Crippen LogP contribution in [0.25, 0.3) is 0 Å². The highest BCUT2D eigenvalue weighted by Gasteiger charge is 2.09. The smallest absolute Gasteiger partial charge is 0.258 e. The number of nitrogens with zero attached hydrogens (tertiary/aromatic N) is 2. The Bertz CT molecular complexity index is 786. The van der Waals surface area contributed by atoms with Crippen LogP contribution in [0, 0.1) is 10.1 Å². The third kappa shape index (κ3) is 4.78. The highest BCUT2D eigenvalue weighted by atomic mass is 32.2. The summed E-state index contributed by atoms with van der Waals surface area (Å²) < 4.78 is 27.3. The lowest BCUT2D eigenvalue weighted by molar-refractivity contribution is -0.384. The van der Waals surface area contributed by atoms with E-state index in [9.17, 15) is 18.5 Å². The summed E-state index contributed by atoms with van der Waals surface area (Å²) in [5.41, 5.74) is 1.18. The number of non-ortho nitro benzene ring substituents is 1. The fourth-order valence-electron chi connectivity index (χ4n) is 1.80. The second-order valence-corrected chi connectivity index (χ2v) is 6.39. The Balaban J connectivity index is 2.05. The summed E-state index contributed by atoms with van der Waals surface area (Å²) in [5, 5.41) is 10.7. The van der Waals surface area contributed by atoms with E-state index in [1.807, 2.05) is 30.3 Å². The molecule has 0 spiro atoms. The number of sulfonamides is 1. The Morgan fingerprint density at radius 3 is 2.50 bits per heavy atom. The van der Waals surface area contributed by atoms with Crippen LogP contribution in [-0.2, 0) is 16.4 Å². The lowest BCUT2D eigenvalue weighted by Gasteiger charge is -2.00. The number of benzene rings is 2. The van der Waals surface area contributed by atoms with Crippen LogP contribution in [-0.4, -0.2) is 25.3 Å². The van der Waals surface area contributed by atoms with E-state index in [0.29, 0.717) is 12.0 Å². The summed E-state index contributed by atoms with van der Waals surface area (Å²) in [7, 11) is -3.61. The monoisotopic (exact) mass is 318 g/mol. The van der Waals surface area contributed by atoms with Crippen molar-refractivity contribution in [3.05, 3.63) is 75.8 Å². The van der Waals surface area contributed by atoms with Gasteiger partial charge in [0.25, 0.3) is 15.7 Å². The second kappa shape index (κ2) is 6.95. The molecule has 0 saturated heterocycles. The Morgan fingerprint density at radius 1 is 1.09 bits per heavy atom. The molecule has 0 fully saturated rings. The van der Waals surface area contributed by atoms with Crippen LogP contribution in [0.15, 0.2) is 59.0 Å². The Hall–Kier alpha value is -2.54. The van der Waals surface area contributed by atoms with Crippen molar-refractivity contribution in [2.24, 2.45) is 4.40 Å². The fraction of sp³-hybridized carbons (Fsp3) is 0.133. The third-order valence-corrected chi connectivity index (χ3v) is 4.08. The van der Waals surface area contributed by atoms with Gasteiger partial charge in [0, 0.05) is 23.9 Å². The Labute approximate surface area is 128 Å². The van der Waals surface area contributed by atoms with Crippen molar-refractivity contribution in [1.29, 1.82) is 0 Å². The predicted octanol–water partition coefficient (Wildman–Crippen LogP) is 2.59. The van der Waals surface area contributed by atoms with Gasteiger partial charge in [-0.05, 0) is 12.0 Å². The van der Waals surface area contributed by atoms with Gasteiger partial charge in [-0.15, -0.1) is 0 Å². The minimum Gasteiger partial charge on any atom is -0.258 e. The molecule has 0 aliphatic heterocycles. The first-order valence-electron chi connectivity index (χ1n) is 6.53. The molecule has 0 aliphatic carbocycles. The lowest BCUT2D eigenvalue weighted by Crippen LogP contribution is -2.06. The van der Waals surface area contributed by atoms with Gasteiger partial charge in [0.2, 0.25) is 0 Å². The molecule has 0 amide bonds. The molecule has 0 saturated carbocycles. The Kier molecular flexibility index (Phi) is 5.00. The quantitative estimate of drug-likeness (QED) is 0.465. The van der Waals surface area contributed by atoms with E-state index in [0.717, 1.165) is 11.8 Å². The molecule has 0 unspecified atom stereocenters. The SMILES string of the molecule is O=[N+]([O-])c1cccc(/C=N/S(=O)(=O)CCc2ccccc2)c1. The van der Waals surface area contributed by atoms with E-state index in [1.54, 1.807) is 6.07 Å². The van der Waals surface area contributed by atoms with Crippen molar-refractivity contribution in [2.45, 2.75) is 6.42 Å². The van der Waals surface area contributed by atoms with E-state index in [1.165, 1.54) is 18.2 Å². The van der Waals surface area contributed by atoms with E-state index in [2.05, 4.69) is 4.40 Å². The van der Waals surface area contributed by atoms with Crippen molar-refractivity contribution >= 4 is 21.9 Å². The van der Waals surface area contributed by atoms with Crippen molar-refractivity contribution < 1.29 is 13.3 Å². The molecule has 2 aromatic rings. The standard InChI is InChI=1S/C15H14N2O4S/c18-17(19)15-8-4-7-14(11-15)12-16-22(20,21)10-9-13-5-2-1-3-6-13/h1-8,11-12H,9-10H2/b16-12+. The Morgan fingerprint density at radius 2 is 1.82 bits per heavy atom. The lowest BCUT2D eigenvalue weighted by atomic mass is 10.2. The predicted molar refractivity (Wildman–Crippen MR) is 84.6 cm³/mol. The van der Waals surface area contributed by atoms with Crippen LogP contribution in [0.2, 0.25) is 0 Å². The molecule has 0 aliphatic rings. The molecule has 114 valence electrons. The number of hydrogen-bond acceptors (Lipinski definition) is 4. The highest BCUT2D eigenvalue weighted by Crippen LogP contribution is 2.12. The molecule has 6 nitrogen and oxygen atoms in total. The van der Waals surface area contributed by atoms with Gasteiger partial charge >= 0.3 is 0 Å². The van der Waals surface area contributed by atoms with Crippen LogP contribution in [0.1, 0.15) is 11.1 Å². The second-order valence-electron chi connectivity index (χ2n) is 4.61. The van der Waals surface area contributed by atoms with Gasteiger partial charge in [-0.2, -0.15) is 4.40 Å². The average Bonchev–Trinajstić information content (AvgIpc) is 2.53. The van der Waals surface area contributed by atoms with Crippen LogP contribution in [0.4, 0.5) is 5.69 Å². The molecule has 0 heterocycles. The number of hydrogen-bond donors (Lipinski definition) is 0. The molecule has 0 aromatic heterocycles. The first-order valence-corrected chi connectivity index (χ1v) is 8.13. The molecule has 0 radical (unpaired) electrons. The first-order chi connectivity index (χ1) is 10.5. The van der Waals surface area contributed by atoms with Crippen molar-refractivity contribution in [3.8, 4) is 0 Å². The number of rotatable bonds is 6. The maximum atomic E-state index is 11.9. The summed E-state index contributed by atoms with van der Waals surface area (Å²) in [6, 6.07) is 14.9. The van der Waals surface area contributed by atoms with Crippen LogP contribution in [0.3, 0.4) is 0 Å². The molecule has 2 rings (SSSR count). The summed E-state index contributed by atoms with van der Waals surface area (Å²) in [5.74, 6) is -0.109. The van der Waals surface area contributed by atoms with E-state index in [-0.39, 0.29) is 11.4 Å². The van der Waals surface area contributed by atoms with Gasteiger partial charge in [0.05, 0.1) is 10.7 Å². The molecule has 7 heteroatoms. The minimum absolute atomic E-state index is 0.106. The zero-order chi connectivity index (χ0) is 16.0. The topological polar surface area (TPSA) is 89.6 Å². The van der Waals surface area contributed by atoms with Gasteiger partial charge in [-0.1, -0.05) is 42.5 Å². The van der Waals surface area contributed by atoms with E-state index >= 15 is 0 Å². The third-order valence-electron chi connectivity index (χ3n) is 2.93. The largest absolute Gasteiger partial charge is 0.270 e. The van der Waals surface area contributed by atoms with Crippen LogP contribution >= 0.6 is 0 Å². The van der Waals surface area contributed by atoms with Crippen LogP contribution in [0.5, 0.6) is 0 Å². The minimum atomic E-state index is -3.61. The summed E-state index contributed by atoms with van der Waals surface area (Å²) in [6.45, 7) is 0. The molecule has 0 atom stereocenters. The maximum Gasteiger partial charge on any atom is 0.270 e. The summed E-state index contributed by atoms with van der Waals surface area (Å²) in [6.07, 6.45) is 1.50. The van der Waals surface area contributed by atoms with Crippen molar-refractivity contribution in [2.75, 3.05) is 5.75 Å². The van der Waals surface area contributed by atoms with Gasteiger partial charge < -0.3 is 0 Å². The fourth-order valence-corrected chi connectivity index (χ4v) is 2.69. The average molecular weight is 318 g/mol. The van der Waals surface area contributed by atoms with E-state index in [4.69, 9.17) is 0 Å². The zero-order valence-electron chi connectivity index (χ0n) is 11.6.